The molecule has 5 rings (SSSR count). The molecule has 2 unspecified atom stereocenters. The molecule has 390 valence electrons. The van der Waals surface area contributed by atoms with Crippen LogP contribution in [0.3, 0.4) is 0 Å². The highest BCUT2D eigenvalue weighted by molar-refractivity contribution is 8.00. The number of carbonyl (C=O) groups is 8. The van der Waals surface area contributed by atoms with Crippen LogP contribution in [0, 0.1) is 11.3 Å². The fourth-order valence-electron chi connectivity index (χ4n) is 8.21. The summed E-state index contributed by atoms with van der Waals surface area (Å²) < 4.78 is 24.3. The van der Waals surface area contributed by atoms with Gasteiger partial charge >= 0.3 is 5.97 Å². The Labute approximate surface area is 417 Å². The third-order valence-electron chi connectivity index (χ3n) is 11.6. The summed E-state index contributed by atoms with van der Waals surface area (Å²) in [7, 11) is 0. The smallest absolute Gasteiger partial charge is 0.305 e. The summed E-state index contributed by atoms with van der Waals surface area (Å²) in [6, 6.07) is 4.03. The molecule has 0 bridgehead atoms. The second-order valence-corrected chi connectivity index (χ2v) is 19.8. The Bertz CT molecular complexity index is 2390. The molecule has 71 heavy (non-hydrogen) atoms. The summed E-state index contributed by atoms with van der Waals surface area (Å²) >= 11 is 1.28. The maximum atomic E-state index is 14.2. The Morgan fingerprint density at radius 2 is 1.61 bits per heavy atom. The lowest BCUT2D eigenvalue weighted by molar-refractivity contribution is -0.146. The molecule has 22 nitrogen and oxygen atoms in total. The molecule has 2 saturated heterocycles. The molecule has 2 aliphatic rings. The van der Waals surface area contributed by atoms with E-state index in [-0.39, 0.29) is 108 Å². The molecule has 3 aromatic rings. The highest BCUT2D eigenvalue weighted by Crippen LogP contribution is 2.33. The van der Waals surface area contributed by atoms with Gasteiger partial charge < -0.3 is 54.8 Å². The normalized spacial score (nSPS) is 17.0. The van der Waals surface area contributed by atoms with Crippen LogP contribution < -0.4 is 21.3 Å². The number of aromatic nitrogens is 3. The highest BCUT2D eigenvalue weighted by atomic mass is 32.2. The van der Waals surface area contributed by atoms with Gasteiger partial charge in [0.05, 0.1) is 62.3 Å². The van der Waals surface area contributed by atoms with Crippen LogP contribution in [0.5, 0.6) is 0 Å². The van der Waals surface area contributed by atoms with Crippen molar-refractivity contribution in [2.24, 2.45) is 11.3 Å². The molecule has 23 heteroatoms. The number of rotatable bonds is 28. The van der Waals surface area contributed by atoms with Crippen molar-refractivity contribution in [1.82, 2.24) is 40.3 Å². The molecule has 4 heterocycles. The van der Waals surface area contributed by atoms with E-state index in [4.69, 9.17) is 28.9 Å². The number of imide groups is 1. The van der Waals surface area contributed by atoms with Crippen molar-refractivity contribution in [2.45, 2.75) is 110 Å². The fraction of sp³-hybridized carbons (Fsp3) is 0.625. The van der Waals surface area contributed by atoms with E-state index in [9.17, 15) is 43.5 Å². The number of nitrogens with one attached hydrogen (secondary N) is 4. The fourth-order valence-corrected chi connectivity index (χ4v) is 8.85. The van der Waals surface area contributed by atoms with Gasteiger partial charge in [-0.05, 0) is 43.4 Å². The molecule has 2 aromatic heterocycles. The van der Waals surface area contributed by atoms with E-state index in [1.807, 2.05) is 31.2 Å². The Kier molecular flexibility index (Phi) is 21.1. The summed E-state index contributed by atoms with van der Waals surface area (Å²) in [5.74, 6) is -4.54. The number of hydrogen-bond donors (Lipinski definition) is 5. The lowest BCUT2D eigenvalue weighted by Gasteiger charge is -2.30. The van der Waals surface area contributed by atoms with Crippen molar-refractivity contribution in [2.75, 3.05) is 77.5 Å². The van der Waals surface area contributed by atoms with Crippen LogP contribution in [0.4, 0.5) is 5.82 Å². The minimum atomic E-state index is -1.47. The van der Waals surface area contributed by atoms with E-state index in [0.717, 1.165) is 15.8 Å². The molecule has 2 fully saturated rings. The number of carbonyl (C=O) groups excluding carboxylic acids is 7. The number of thioether (sulfide) groups is 1. The van der Waals surface area contributed by atoms with E-state index >= 15 is 0 Å². The Morgan fingerprint density at radius 3 is 2.25 bits per heavy atom. The minimum absolute atomic E-state index is 0.0488. The van der Waals surface area contributed by atoms with Gasteiger partial charge in [0.2, 0.25) is 41.4 Å². The van der Waals surface area contributed by atoms with Gasteiger partial charge in [-0.15, -0.1) is 0 Å². The largest absolute Gasteiger partial charge is 0.481 e. The molecule has 0 radical (unpaired) electrons. The Balaban J connectivity index is 1.08. The van der Waals surface area contributed by atoms with Crippen LogP contribution in [0.2, 0.25) is 0 Å². The van der Waals surface area contributed by atoms with Gasteiger partial charge in [-0.1, -0.05) is 52.8 Å². The van der Waals surface area contributed by atoms with Gasteiger partial charge in [-0.25, -0.2) is 9.97 Å². The van der Waals surface area contributed by atoms with Gasteiger partial charge in [0.15, 0.2) is 5.82 Å². The van der Waals surface area contributed by atoms with Gasteiger partial charge in [-0.2, -0.15) is 11.8 Å². The van der Waals surface area contributed by atoms with Gasteiger partial charge in [-0.3, -0.25) is 43.3 Å². The number of hydrogen-bond acceptors (Lipinski definition) is 15. The highest BCUT2D eigenvalue weighted by Gasteiger charge is 2.41. The standard InChI is InChI=1S/C48H69N9O13S/c1-8-67-27-35-52-41-42(57(35)28-48(4,5)6)30-12-9-10-13-31(30)51-43(41)54-45(64)40(29(2)3)53-44(63)33-14-11-17-55(33)46(65)32(24-39(61)62)50-36(58)15-18-68-20-22-70-23-21-69-19-16-49-37(59)26-56-38(60)25-34(71-7)47(56)66/h9-10,12-13,29,32-34,40H,8,11,14-28H2,1-7H3,(H,49,59)(H,50,58)(H,53,63)(H,61,62)(H,51,54,64)/t32-,33-,34?,40?/m0/s1. The molecule has 0 saturated carbocycles. The Hall–Kier alpha value is -5.75. The monoisotopic (exact) mass is 1010 g/mol. The summed E-state index contributed by atoms with van der Waals surface area (Å²) in [5.41, 5.74) is 1.77. The lowest BCUT2D eigenvalue weighted by Crippen LogP contribution is -2.57. The van der Waals surface area contributed by atoms with Crippen molar-refractivity contribution in [1.29, 1.82) is 0 Å². The number of imidazole rings is 1. The number of nitrogens with zero attached hydrogens (tertiary/aromatic N) is 5. The zero-order chi connectivity index (χ0) is 51.8. The number of aliphatic carboxylic acids is 1. The number of carboxylic acids is 1. The van der Waals surface area contributed by atoms with Crippen molar-refractivity contribution in [3.63, 3.8) is 0 Å². The topological polar surface area (TPSA) is 279 Å². The number of ether oxygens (including phenoxy) is 4. The van der Waals surface area contributed by atoms with E-state index in [1.165, 1.54) is 16.7 Å². The van der Waals surface area contributed by atoms with Crippen molar-refractivity contribution in [3.05, 3.63) is 30.1 Å². The Morgan fingerprint density at radius 1 is 0.915 bits per heavy atom. The van der Waals surface area contributed by atoms with Crippen molar-refractivity contribution >= 4 is 86.8 Å². The van der Waals surface area contributed by atoms with Crippen LogP contribution in [-0.4, -0.2) is 172 Å². The number of likely N-dealkylation sites (tertiary alicyclic amines) is 2. The maximum absolute atomic E-state index is 14.2. The number of amides is 7. The van der Waals surface area contributed by atoms with Crippen LogP contribution in [0.15, 0.2) is 24.3 Å². The van der Waals surface area contributed by atoms with Crippen LogP contribution in [-0.2, 0) is 70.5 Å². The second kappa shape index (κ2) is 26.6. The minimum Gasteiger partial charge on any atom is -0.481 e. The third kappa shape index (κ3) is 15.9. The predicted molar refractivity (Wildman–Crippen MR) is 263 cm³/mol. The lowest BCUT2D eigenvalue weighted by atomic mass is 9.96. The third-order valence-corrected chi connectivity index (χ3v) is 12.6. The number of benzene rings is 1. The average Bonchev–Trinajstić information content (AvgIpc) is 4.02. The first-order valence-corrected chi connectivity index (χ1v) is 25.3. The van der Waals surface area contributed by atoms with E-state index in [0.29, 0.717) is 36.4 Å². The van der Waals surface area contributed by atoms with E-state index in [1.54, 1.807) is 20.1 Å². The zero-order valence-electron chi connectivity index (χ0n) is 41.7. The zero-order valence-corrected chi connectivity index (χ0v) is 42.5. The quantitative estimate of drug-likeness (QED) is 0.0515. The maximum Gasteiger partial charge on any atom is 0.305 e. The summed E-state index contributed by atoms with van der Waals surface area (Å²) in [6.45, 7) is 14.0. The number of anilines is 1. The van der Waals surface area contributed by atoms with E-state index in [2.05, 4.69) is 46.6 Å². The summed E-state index contributed by atoms with van der Waals surface area (Å²) in [4.78, 5) is 115. The first kappa shape index (κ1) is 56.2. The van der Waals surface area contributed by atoms with Crippen molar-refractivity contribution in [3.8, 4) is 0 Å². The molecule has 7 amide bonds. The predicted octanol–water partition coefficient (Wildman–Crippen LogP) is 2.24. The molecule has 1 aromatic carbocycles. The molecule has 2 aliphatic heterocycles. The SMILES string of the molecule is CCOCc1nc2c(NC(=O)C(NC(=O)[C@@H]3CCCN3C(=O)[C@H](CC(=O)O)NC(=O)CCOCCOCCOCCNC(=O)CN3C(=O)CC(SC)C3=O)C(C)C)nc3ccccc3c2n1CC(C)(C)C. The average molecular weight is 1010 g/mol. The number of carboxylic acid groups (broad SMARTS) is 1. The van der Waals surface area contributed by atoms with Crippen LogP contribution in [0.1, 0.15) is 79.5 Å². The molecule has 0 spiro atoms. The summed E-state index contributed by atoms with van der Waals surface area (Å²) in [5, 5.41) is 21.0. The van der Waals surface area contributed by atoms with Crippen LogP contribution in [0.25, 0.3) is 21.9 Å². The number of fused-ring (bicyclic) bond motifs is 3. The van der Waals surface area contributed by atoms with Crippen LogP contribution >= 0.6 is 11.8 Å². The molecule has 0 aliphatic carbocycles. The van der Waals surface area contributed by atoms with Gasteiger partial charge in [0.1, 0.15) is 42.6 Å². The van der Waals surface area contributed by atoms with Gasteiger partial charge in [0, 0.05) is 44.5 Å². The molecular weight excluding hydrogens is 943 g/mol. The summed E-state index contributed by atoms with van der Waals surface area (Å²) in [6.07, 6.45) is 1.61. The molecule has 5 N–H and O–H groups in total. The first-order valence-electron chi connectivity index (χ1n) is 24.0. The molecular formula is C48H69N9O13S. The number of pyridine rings is 1. The van der Waals surface area contributed by atoms with Gasteiger partial charge in [0.25, 0.3) is 0 Å². The first-order chi connectivity index (χ1) is 33.8. The second-order valence-electron chi connectivity index (χ2n) is 18.8. The number of para-hydroxylation sites is 1. The molecule has 4 atom stereocenters. The van der Waals surface area contributed by atoms with E-state index < -0.39 is 71.2 Å². The van der Waals surface area contributed by atoms with Crippen molar-refractivity contribution < 1.29 is 62.4 Å².